The first-order valence-electron chi connectivity index (χ1n) is 9.38. The van der Waals surface area contributed by atoms with Gasteiger partial charge in [-0.15, -0.1) is 0 Å². The highest BCUT2D eigenvalue weighted by Gasteiger charge is 2.42. The van der Waals surface area contributed by atoms with Gasteiger partial charge in [0.1, 0.15) is 16.5 Å². The highest BCUT2D eigenvalue weighted by atomic mass is 32.2. The molecule has 12 heteroatoms. The normalized spacial score (nSPS) is 20.2. The number of nitrogens with zero attached hydrogens (tertiary/aromatic N) is 5. The molecule has 3 rings (SSSR count). The molecule has 3 atom stereocenters. The van der Waals surface area contributed by atoms with Crippen LogP contribution in [0.1, 0.15) is 30.6 Å². The lowest BCUT2D eigenvalue weighted by Gasteiger charge is -2.38. The Morgan fingerprint density at radius 3 is 2.65 bits per heavy atom. The van der Waals surface area contributed by atoms with Crippen LogP contribution in [0.4, 0.5) is 15.9 Å². The first kappa shape index (κ1) is 22.5. The van der Waals surface area contributed by atoms with E-state index in [-0.39, 0.29) is 36.9 Å². The van der Waals surface area contributed by atoms with Gasteiger partial charge in [0.05, 0.1) is 29.7 Å². The standard InChI is InChI=1S/C19H20FN5O5S/c1-11-12(2)30-9-8-24(11)19-18(25(26)27)17(22-13(3)23-19)16(10-21)31(28,29)15-7-5-4-6-14(15)20/h4-7,11-12,16H,8-9H2,1-3H3/t11-,12-,16?/m1/s1. The van der Waals surface area contributed by atoms with Gasteiger partial charge in [0.25, 0.3) is 0 Å². The summed E-state index contributed by atoms with van der Waals surface area (Å²) in [5.41, 5.74) is -1.29. The Morgan fingerprint density at radius 1 is 1.35 bits per heavy atom. The fraction of sp³-hybridized carbons (Fsp3) is 0.421. The molecule has 0 radical (unpaired) electrons. The lowest BCUT2D eigenvalue weighted by Crippen LogP contribution is -2.49. The smallest absolute Gasteiger partial charge is 0.335 e. The Morgan fingerprint density at radius 2 is 2.03 bits per heavy atom. The number of rotatable bonds is 5. The zero-order valence-corrected chi connectivity index (χ0v) is 17.8. The summed E-state index contributed by atoms with van der Waals surface area (Å²) in [5, 5.41) is 19.6. The number of halogens is 1. The highest BCUT2D eigenvalue weighted by molar-refractivity contribution is 7.92. The second-order valence-corrected chi connectivity index (χ2v) is 9.08. The van der Waals surface area contributed by atoms with E-state index in [0.717, 1.165) is 12.1 Å². The molecule has 10 nitrogen and oxygen atoms in total. The van der Waals surface area contributed by atoms with E-state index in [0.29, 0.717) is 0 Å². The van der Waals surface area contributed by atoms with Crippen molar-refractivity contribution in [2.45, 2.75) is 43.1 Å². The average molecular weight is 449 g/mol. The molecule has 1 fully saturated rings. The minimum absolute atomic E-state index is 0.0472. The number of hydrogen-bond donors (Lipinski definition) is 0. The Hall–Kier alpha value is -3.17. The number of ether oxygens (including phenoxy) is 1. The van der Waals surface area contributed by atoms with E-state index in [2.05, 4.69) is 9.97 Å². The van der Waals surface area contributed by atoms with Gasteiger partial charge in [0.15, 0.2) is 5.69 Å². The molecular formula is C19H20FN5O5S. The van der Waals surface area contributed by atoms with Gasteiger partial charge in [0.2, 0.25) is 20.9 Å². The second-order valence-electron chi connectivity index (χ2n) is 7.08. The number of nitriles is 1. The maximum Gasteiger partial charge on any atom is 0.335 e. The predicted molar refractivity (Wildman–Crippen MR) is 108 cm³/mol. The molecule has 31 heavy (non-hydrogen) atoms. The molecule has 0 N–H and O–H groups in total. The lowest BCUT2D eigenvalue weighted by molar-refractivity contribution is -0.385. The molecule has 1 aliphatic rings. The van der Waals surface area contributed by atoms with E-state index in [4.69, 9.17) is 4.74 Å². The first-order valence-corrected chi connectivity index (χ1v) is 10.9. The number of hydrogen-bond acceptors (Lipinski definition) is 9. The minimum Gasteiger partial charge on any atom is -0.375 e. The SMILES string of the molecule is Cc1nc(C(C#N)S(=O)(=O)c2ccccc2F)c([N+](=O)[O-])c(N2CCO[C@H](C)[C@H]2C)n1. The molecule has 1 saturated heterocycles. The zero-order chi connectivity index (χ0) is 22.9. The molecule has 1 aliphatic heterocycles. The molecule has 1 aromatic carbocycles. The van der Waals surface area contributed by atoms with E-state index >= 15 is 0 Å². The summed E-state index contributed by atoms with van der Waals surface area (Å²) in [6, 6.07) is 5.79. The monoisotopic (exact) mass is 449 g/mol. The largest absolute Gasteiger partial charge is 0.375 e. The molecule has 0 spiro atoms. The number of anilines is 1. The summed E-state index contributed by atoms with van der Waals surface area (Å²) in [5.74, 6) is -1.11. The Balaban J connectivity index is 2.25. The Bertz CT molecular complexity index is 1170. The van der Waals surface area contributed by atoms with Gasteiger partial charge in [-0.3, -0.25) is 10.1 Å². The van der Waals surface area contributed by atoms with Crippen LogP contribution in [-0.2, 0) is 14.6 Å². The third-order valence-corrected chi connectivity index (χ3v) is 7.06. The molecule has 1 aromatic heterocycles. The minimum atomic E-state index is -4.65. The fourth-order valence-corrected chi connectivity index (χ4v) is 4.90. The molecule has 0 bridgehead atoms. The fourth-order valence-electron chi connectivity index (χ4n) is 3.44. The number of sulfone groups is 1. The molecular weight excluding hydrogens is 429 g/mol. The molecule has 164 valence electrons. The number of morpholine rings is 1. The van der Waals surface area contributed by atoms with E-state index in [9.17, 15) is 28.2 Å². The van der Waals surface area contributed by atoms with Crippen molar-refractivity contribution in [1.82, 2.24) is 9.97 Å². The third kappa shape index (κ3) is 4.06. The van der Waals surface area contributed by atoms with Crippen LogP contribution in [0, 0.1) is 34.2 Å². The van der Waals surface area contributed by atoms with Crippen molar-refractivity contribution < 1.29 is 22.5 Å². The van der Waals surface area contributed by atoms with E-state index in [1.165, 1.54) is 19.1 Å². The topological polar surface area (TPSA) is 139 Å². The third-order valence-electron chi connectivity index (χ3n) is 5.16. The van der Waals surface area contributed by atoms with E-state index in [1.807, 2.05) is 0 Å². The summed E-state index contributed by atoms with van der Waals surface area (Å²) in [6.07, 6.45) is -0.263. The van der Waals surface area contributed by atoms with Crippen molar-refractivity contribution in [2.24, 2.45) is 0 Å². The molecule has 0 amide bonds. The van der Waals surface area contributed by atoms with E-state index in [1.54, 1.807) is 24.8 Å². The van der Waals surface area contributed by atoms with Crippen LogP contribution in [0.15, 0.2) is 29.2 Å². The van der Waals surface area contributed by atoms with Crippen LogP contribution >= 0.6 is 0 Å². The number of benzene rings is 1. The first-order chi connectivity index (χ1) is 14.6. The zero-order valence-electron chi connectivity index (χ0n) is 17.0. The van der Waals surface area contributed by atoms with Crippen LogP contribution in [0.3, 0.4) is 0 Å². The Kier molecular flexibility index (Phi) is 6.19. The van der Waals surface area contributed by atoms with Crippen LogP contribution < -0.4 is 4.90 Å². The molecule has 0 saturated carbocycles. The van der Waals surface area contributed by atoms with Gasteiger partial charge in [-0.2, -0.15) is 5.26 Å². The summed E-state index contributed by atoms with van der Waals surface area (Å²) < 4.78 is 46.0. The van der Waals surface area contributed by atoms with Crippen molar-refractivity contribution in [3.8, 4) is 6.07 Å². The lowest BCUT2D eigenvalue weighted by atomic mass is 10.1. The molecule has 0 aliphatic carbocycles. The van der Waals surface area contributed by atoms with E-state index < -0.39 is 42.1 Å². The molecule has 1 unspecified atom stereocenters. The van der Waals surface area contributed by atoms with Crippen LogP contribution in [0.25, 0.3) is 0 Å². The maximum absolute atomic E-state index is 14.2. The summed E-state index contributed by atoms with van der Waals surface area (Å²) in [4.78, 5) is 20.3. The van der Waals surface area contributed by atoms with Crippen molar-refractivity contribution in [2.75, 3.05) is 18.1 Å². The van der Waals surface area contributed by atoms with Gasteiger partial charge in [-0.25, -0.2) is 22.8 Å². The average Bonchev–Trinajstić information content (AvgIpc) is 2.70. The van der Waals surface area contributed by atoms with Gasteiger partial charge < -0.3 is 9.64 Å². The van der Waals surface area contributed by atoms with Crippen molar-refractivity contribution in [3.63, 3.8) is 0 Å². The van der Waals surface area contributed by atoms with Gasteiger partial charge in [-0.1, -0.05) is 12.1 Å². The summed E-state index contributed by atoms with van der Waals surface area (Å²) >= 11 is 0. The summed E-state index contributed by atoms with van der Waals surface area (Å²) in [6.45, 7) is 5.60. The van der Waals surface area contributed by atoms with Crippen LogP contribution in [-0.4, -0.2) is 48.6 Å². The van der Waals surface area contributed by atoms with Crippen LogP contribution in [0.5, 0.6) is 0 Å². The second kappa shape index (κ2) is 8.52. The predicted octanol–water partition coefficient (Wildman–Crippen LogP) is 2.48. The summed E-state index contributed by atoms with van der Waals surface area (Å²) in [7, 11) is -4.65. The van der Waals surface area contributed by atoms with Gasteiger partial charge >= 0.3 is 5.69 Å². The van der Waals surface area contributed by atoms with Crippen molar-refractivity contribution >= 4 is 21.3 Å². The van der Waals surface area contributed by atoms with Gasteiger partial charge in [-0.05, 0) is 32.9 Å². The van der Waals surface area contributed by atoms with Crippen molar-refractivity contribution in [1.29, 1.82) is 5.26 Å². The number of aryl methyl sites for hydroxylation is 1. The maximum atomic E-state index is 14.2. The number of aromatic nitrogens is 2. The molecule has 2 heterocycles. The van der Waals surface area contributed by atoms with Crippen molar-refractivity contribution in [3.05, 3.63) is 51.7 Å². The molecule has 2 aromatic rings. The Labute approximate surface area is 178 Å². The number of nitro groups is 1. The quantitative estimate of drug-likeness (QED) is 0.497. The van der Waals surface area contributed by atoms with Gasteiger partial charge in [0, 0.05) is 6.54 Å². The van der Waals surface area contributed by atoms with Crippen LogP contribution in [0.2, 0.25) is 0 Å². The highest BCUT2D eigenvalue weighted by Crippen LogP contribution is 2.39.